The Morgan fingerprint density at radius 2 is 2.24 bits per heavy atom. The van der Waals surface area contributed by atoms with Crippen molar-refractivity contribution in [3.05, 3.63) is 52.0 Å². The third-order valence-corrected chi connectivity index (χ3v) is 3.63. The van der Waals surface area contributed by atoms with Crippen LogP contribution in [0.2, 0.25) is 0 Å². The zero-order valence-corrected chi connectivity index (χ0v) is 10.4. The van der Waals surface area contributed by atoms with Gasteiger partial charge in [-0.15, -0.1) is 11.3 Å². The summed E-state index contributed by atoms with van der Waals surface area (Å²) in [6, 6.07) is 8.64. The van der Waals surface area contributed by atoms with Crippen LogP contribution in [0.25, 0.3) is 0 Å². The van der Waals surface area contributed by atoms with Crippen molar-refractivity contribution in [2.45, 2.75) is 19.5 Å². The van der Waals surface area contributed by atoms with Crippen LogP contribution in [0.3, 0.4) is 0 Å². The molecular formula is C13H15FN2S. The van der Waals surface area contributed by atoms with Crippen LogP contribution < -0.4 is 11.1 Å². The maximum Gasteiger partial charge on any atom is 0.123 e. The number of nitrogens with two attached hydrogens (primary N) is 1. The highest BCUT2D eigenvalue weighted by Crippen LogP contribution is 2.20. The largest absolute Gasteiger partial charge is 0.398 e. The highest BCUT2D eigenvalue weighted by molar-refractivity contribution is 7.10. The van der Waals surface area contributed by atoms with Crippen LogP contribution in [-0.4, -0.2) is 0 Å². The molecule has 2 aromatic rings. The smallest absolute Gasteiger partial charge is 0.123 e. The molecule has 1 heterocycles. The summed E-state index contributed by atoms with van der Waals surface area (Å²) in [5.74, 6) is -0.202. The molecule has 0 bridgehead atoms. The van der Waals surface area contributed by atoms with Crippen LogP contribution in [-0.2, 0) is 6.54 Å². The second-order valence-corrected chi connectivity index (χ2v) is 4.96. The fourth-order valence-electron chi connectivity index (χ4n) is 1.63. The number of rotatable bonds is 4. The van der Waals surface area contributed by atoms with Gasteiger partial charge in [-0.2, -0.15) is 0 Å². The standard InChI is InChI=1S/C13H15FN2S/c1-9(10-3-2-4-11(14)7-10)16-8-13-12(15)5-6-17-13/h2-7,9,16H,8,15H2,1H3. The molecule has 3 N–H and O–H groups in total. The van der Waals surface area contributed by atoms with E-state index in [4.69, 9.17) is 5.73 Å². The van der Waals surface area contributed by atoms with E-state index in [1.54, 1.807) is 23.5 Å². The summed E-state index contributed by atoms with van der Waals surface area (Å²) < 4.78 is 13.1. The molecule has 1 aromatic carbocycles. The van der Waals surface area contributed by atoms with E-state index in [0.29, 0.717) is 6.54 Å². The van der Waals surface area contributed by atoms with Gasteiger partial charge < -0.3 is 11.1 Å². The maximum atomic E-state index is 13.1. The summed E-state index contributed by atoms with van der Waals surface area (Å²) in [7, 11) is 0. The second-order valence-electron chi connectivity index (χ2n) is 3.96. The van der Waals surface area contributed by atoms with Crippen LogP contribution in [0.15, 0.2) is 35.7 Å². The van der Waals surface area contributed by atoms with Gasteiger partial charge in [0.2, 0.25) is 0 Å². The van der Waals surface area contributed by atoms with Gasteiger partial charge in [-0.1, -0.05) is 12.1 Å². The van der Waals surface area contributed by atoms with Gasteiger partial charge in [-0.05, 0) is 36.1 Å². The van der Waals surface area contributed by atoms with E-state index in [-0.39, 0.29) is 11.9 Å². The average molecular weight is 250 g/mol. The Morgan fingerprint density at radius 1 is 1.41 bits per heavy atom. The third-order valence-electron chi connectivity index (χ3n) is 2.70. The Kier molecular flexibility index (Phi) is 3.76. The third kappa shape index (κ3) is 3.05. The Labute approximate surface area is 104 Å². The zero-order valence-electron chi connectivity index (χ0n) is 9.61. The molecule has 0 aliphatic carbocycles. The molecule has 0 radical (unpaired) electrons. The number of hydrogen-bond donors (Lipinski definition) is 2. The highest BCUT2D eigenvalue weighted by atomic mass is 32.1. The summed E-state index contributed by atoms with van der Waals surface area (Å²) in [6.45, 7) is 2.72. The van der Waals surface area contributed by atoms with E-state index < -0.39 is 0 Å². The molecule has 90 valence electrons. The number of halogens is 1. The molecule has 4 heteroatoms. The molecule has 0 fully saturated rings. The van der Waals surface area contributed by atoms with Gasteiger partial charge in [0, 0.05) is 23.2 Å². The number of hydrogen-bond acceptors (Lipinski definition) is 3. The van der Waals surface area contributed by atoms with E-state index in [0.717, 1.165) is 16.1 Å². The van der Waals surface area contributed by atoms with E-state index in [2.05, 4.69) is 5.32 Å². The van der Waals surface area contributed by atoms with Crippen molar-refractivity contribution >= 4 is 17.0 Å². The van der Waals surface area contributed by atoms with Gasteiger partial charge in [-0.3, -0.25) is 0 Å². The molecule has 0 amide bonds. The lowest BCUT2D eigenvalue weighted by atomic mass is 10.1. The number of thiophene rings is 1. The predicted octanol–water partition coefficient (Wildman–Crippen LogP) is 3.32. The molecule has 0 spiro atoms. The van der Waals surface area contributed by atoms with Crippen LogP contribution in [0.5, 0.6) is 0 Å². The first-order valence-corrected chi connectivity index (χ1v) is 6.35. The molecule has 1 aromatic heterocycles. The molecular weight excluding hydrogens is 235 g/mol. The minimum Gasteiger partial charge on any atom is -0.398 e. The van der Waals surface area contributed by atoms with Gasteiger partial charge in [0.1, 0.15) is 5.82 Å². The molecule has 1 unspecified atom stereocenters. The molecule has 0 aliphatic heterocycles. The topological polar surface area (TPSA) is 38.0 Å². The Balaban J connectivity index is 1.98. The van der Waals surface area contributed by atoms with E-state index in [1.165, 1.54) is 6.07 Å². The fourth-order valence-corrected chi connectivity index (χ4v) is 2.38. The number of benzene rings is 1. The monoisotopic (exact) mass is 250 g/mol. The van der Waals surface area contributed by atoms with Crippen molar-refractivity contribution in [3.8, 4) is 0 Å². The van der Waals surface area contributed by atoms with E-state index in [9.17, 15) is 4.39 Å². The van der Waals surface area contributed by atoms with Crippen molar-refractivity contribution in [1.82, 2.24) is 5.32 Å². The van der Waals surface area contributed by atoms with Crippen molar-refractivity contribution in [2.24, 2.45) is 0 Å². The lowest BCUT2D eigenvalue weighted by molar-refractivity contribution is 0.569. The van der Waals surface area contributed by atoms with Gasteiger partial charge in [0.05, 0.1) is 0 Å². The molecule has 2 rings (SSSR count). The molecule has 0 saturated heterocycles. The Hall–Kier alpha value is -1.39. The second kappa shape index (κ2) is 5.29. The van der Waals surface area contributed by atoms with Crippen LogP contribution in [0.4, 0.5) is 10.1 Å². The molecule has 0 saturated carbocycles. The molecule has 2 nitrogen and oxygen atoms in total. The average Bonchev–Trinajstić information content (AvgIpc) is 2.72. The Morgan fingerprint density at radius 3 is 2.88 bits per heavy atom. The minimum absolute atomic E-state index is 0.104. The van der Waals surface area contributed by atoms with Crippen molar-refractivity contribution < 1.29 is 4.39 Å². The number of anilines is 1. The minimum atomic E-state index is -0.202. The first-order valence-electron chi connectivity index (χ1n) is 5.47. The summed E-state index contributed by atoms with van der Waals surface area (Å²) in [6.07, 6.45) is 0. The highest BCUT2D eigenvalue weighted by Gasteiger charge is 2.07. The van der Waals surface area contributed by atoms with E-state index in [1.807, 2.05) is 24.4 Å². The van der Waals surface area contributed by atoms with Gasteiger partial charge in [0.15, 0.2) is 0 Å². The van der Waals surface area contributed by atoms with Gasteiger partial charge in [-0.25, -0.2) is 4.39 Å². The number of nitrogens with one attached hydrogen (secondary N) is 1. The SMILES string of the molecule is CC(NCc1sccc1N)c1cccc(F)c1. The number of nitrogen functional groups attached to an aromatic ring is 1. The molecule has 17 heavy (non-hydrogen) atoms. The predicted molar refractivity (Wildman–Crippen MR) is 70.4 cm³/mol. The van der Waals surface area contributed by atoms with E-state index >= 15 is 0 Å². The van der Waals surface area contributed by atoms with Gasteiger partial charge in [0.25, 0.3) is 0 Å². The maximum absolute atomic E-state index is 13.1. The lowest BCUT2D eigenvalue weighted by Crippen LogP contribution is -2.18. The molecule has 1 atom stereocenters. The van der Waals surface area contributed by atoms with Crippen molar-refractivity contribution in [1.29, 1.82) is 0 Å². The first-order chi connectivity index (χ1) is 8.16. The van der Waals surface area contributed by atoms with Crippen LogP contribution in [0, 0.1) is 5.82 Å². The summed E-state index contributed by atoms with van der Waals surface area (Å²) >= 11 is 1.63. The summed E-state index contributed by atoms with van der Waals surface area (Å²) in [5.41, 5.74) is 7.56. The normalized spacial score (nSPS) is 12.6. The zero-order chi connectivity index (χ0) is 12.3. The quantitative estimate of drug-likeness (QED) is 0.873. The Bertz CT molecular complexity index is 496. The molecule has 0 aliphatic rings. The fraction of sp³-hybridized carbons (Fsp3) is 0.231. The first kappa shape index (κ1) is 12.1. The van der Waals surface area contributed by atoms with Crippen LogP contribution in [0.1, 0.15) is 23.4 Å². The van der Waals surface area contributed by atoms with Crippen molar-refractivity contribution in [2.75, 3.05) is 5.73 Å². The van der Waals surface area contributed by atoms with Gasteiger partial charge >= 0.3 is 0 Å². The summed E-state index contributed by atoms with van der Waals surface area (Å²) in [5, 5.41) is 5.30. The lowest BCUT2D eigenvalue weighted by Gasteiger charge is -2.14. The van der Waals surface area contributed by atoms with Crippen molar-refractivity contribution in [3.63, 3.8) is 0 Å². The van der Waals surface area contributed by atoms with Crippen LogP contribution >= 0.6 is 11.3 Å². The summed E-state index contributed by atoms with van der Waals surface area (Å²) in [4.78, 5) is 1.12.